The first-order valence-electron chi connectivity index (χ1n) is 9.62. The summed E-state index contributed by atoms with van der Waals surface area (Å²) in [7, 11) is 0. The topological polar surface area (TPSA) is 100 Å². The van der Waals surface area contributed by atoms with Gasteiger partial charge in [-0.05, 0) is 31.4 Å². The van der Waals surface area contributed by atoms with Crippen molar-refractivity contribution in [3.8, 4) is 0 Å². The number of hydrogen-bond acceptors (Lipinski definition) is 6. The number of aromatic amines is 1. The van der Waals surface area contributed by atoms with Gasteiger partial charge in [0.25, 0.3) is 5.56 Å². The van der Waals surface area contributed by atoms with Gasteiger partial charge < -0.3 is 9.80 Å². The molecule has 9 nitrogen and oxygen atoms in total. The number of nitrogens with one attached hydrogen (secondary N) is 1. The van der Waals surface area contributed by atoms with Crippen LogP contribution >= 0.6 is 0 Å². The summed E-state index contributed by atoms with van der Waals surface area (Å²) in [6.45, 7) is 2.79. The van der Waals surface area contributed by atoms with Crippen molar-refractivity contribution >= 4 is 22.9 Å². The number of nitrogens with zero attached hydrogens (tertiary/aromatic N) is 6. The number of hydrogen-bond donors (Lipinski definition) is 1. The van der Waals surface area contributed by atoms with Crippen LogP contribution in [-0.2, 0) is 24.3 Å². The number of amides is 1. The highest BCUT2D eigenvalue weighted by atomic mass is 16.2. The molecule has 1 aromatic carbocycles. The molecule has 28 heavy (non-hydrogen) atoms. The van der Waals surface area contributed by atoms with Gasteiger partial charge in [0.2, 0.25) is 11.9 Å². The van der Waals surface area contributed by atoms with E-state index in [2.05, 4.69) is 25.2 Å². The zero-order valence-electron chi connectivity index (χ0n) is 15.5. The second kappa shape index (κ2) is 6.74. The molecule has 1 saturated heterocycles. The predicted octanol–water partition coefficient (Wildman–Crippen LogP) is 0.700. The second-order valence-electron chi connectivity index (χ2n) is 7.31. The van der Waals surface area contributed by atoms with E-state index in [1.165, 1.54) is 0 Å². The molecule has 5 rings (SSSR count). The minimum atomic E-state index is -0.0822. The lowest BCUT2D eigenvalue weighted by atomic mass is 10.1. The molecule has 4 heterocycles. The molecule has 9 heteroatoms. The molecule has 0 spiro atoms. The van der Waals surface area contributed by atoms with Gasteiger partial charge in [-0.3, -0.25) is 14.6 Å². The summed E-state index contributed by atoms with van der Waals surface area (Å²) in [6, 6.07) is 7.57. The van der Waals surface area contributed by atoms with Gasteiger partial charge in [0, 0.05) is 25.2 Å². The molecule has 2 aromatic heterocycles. The average molecular weight is 379 g/mol. The van der Waals surface area contributed by atoms with Crippen molar-refractivity contribution in [2.24, 2.45) is 0 Å². The Morgan fingerprint density at radius 3 is 2.82 bits per heavy atom. The highest BCUT2D eigenvalue weighted by Crippen LogP contribution is 2.20. The number of carbonyl (C=O) groups excluding carboxylic acids is 1. The number of anilines is 1. The first-order chi connectivity index (χ1) is 13.7. The maximum atomic E-state index is 12.9. The Balaban J connectivity index is 1.37. The molecule has 2 aliphatic rings. The van der Waals surface area contributed by atoms with Crippen LogP contribution in [0.3, 0.4) is 0 Å². The zero-order valence-corrected chi connectivity index (χ0v) is 15.5. The molecular weight excluding hydrogens is 358 g/mol. The summed E-state index contributed by atoms with van der Waals surface area (Å²) in [6.07, 6.45) is 2.73. The number of fused-ring (bicyclic) bond motifs is 2. The van der Waals surface area contributed by atoms with Gasteiger partial charge in [-0.15, -0.1) is 5.10 Å². The lowest BCUT2D eigenvalue weighted by Crippen LogP contribution is -2.41. The maximum Gasteiger partial charge on any atom is 0.255 e. The largest absolute Gasteiger partial charge is 0.342 e. The fourth-order valence-corrected chi connectivity index (χ4v) is 3.98. The van der Waals surface area contributed by atoms with Crippen LogP contribution in [0.25, 0.3) is 11.0 Å². The third-order valence-corrected chi connectivity index (χ3v) is 5.52. The van der Waals surface area contributed by atoms with Crippen molar-refractivity contribution in [2.75, 3.05) is 24.5 Å². The lowest BCUT2D eigenvalue weighted by Gasteiger charge is -2.28. The van der Waals surface area contributed by atoms with Crippen LogP contribution in [0.2, 0.25) is 0 Å². The molecule has 3 aromatic rings. The van der Waals surface area contributed by atoms with Gasteiger partial charge in [0.05, 0.1) is 17.8 Å². The minimum absolute atomic E-state index is 0.0499. The van der Waals surface area contributed by atoms with Gasteiger partial charge in [0.1, 0.15) is 12.1 Å². The van der Waals surface area contributed by atoms with Gasteiger partial charge in [-0.2, -0.15) is 0 Å². The number of carbonyl (C=O) groups is 1. The van der Waals surface area contributed by atoms with E-state index in [4.69, 9.17) is 0 Å². The van der Waals surface area contributed by atoms with Crippen molar-refractivity contribution in [1.29, 1.82) is 0 Å². The van der Waals surface area contributed by atoms with Crippen LogP contribution in [0.4, 0.5) is 5.95 Å². The van der Waals surface area contributed by atoms with Gasteiger partial charge in [-0.25, -0.2) is 9.67 Å². The molecule has 0 atom stereocenters. The van der Waals surface area contributed by atoms with Crippen LogP contribution in [0.5, 0.6) is 0 Å². The fourth-order valence-electron chi connectivity index (χ4n) is 3.98. The summed E-state index contributed by atoms with van der Waals surface area (Å²) < 4.78 is 1.62. The summed E-state index contributed by atoms with van der Waals surface area (Å²) >= 11 is 0. The smallest absolute Gasteiger partial charge is 0.255 e. The van der Waals surface area contributed by atoms with Crippen molar-refractivity contribution in [1.82, 2.24) is 29.9 Å². The van der Waals surface area contributed by atoms with Crippen LogP contribution in [0.15, 0.2) is 29.1 Å². The summed E-state index contributed by atoms with van der Waals surface area (Å²) in [4.78, 5) is 36.8. The molecule has 0 unspecified atom stereocenters. The SMILES string of the molecule is O=C(Cn1nnc2ccccc21)N1CCc2c(nc(N3CCCC3)[nH]c2=O)C1. The first kappa shape index (κ1) is 16.9. The number of aromatic nitrogens is 5. The quantitative estimate of drug-likeness (QED) is 0.719. The van der Waals surface area contributed by atoms with E-state index in [0.717, 1.165) is 37.0 Å². The molecular formula is C19H21N7O2. The summed E-state index contributed by atoms with van der Waals surface area (Å²) in [5.74, 6) is 0.573. The van der Waals surface area contributed by atoms with Crippen molar-refractivity contribution < 1.29 is 4.79 Å². The Morgan fingerprint density at radius 1 is 1.14 bits per heavy atom. The van der Waals surface area contributed by atoms with Gasteiger partial charge in [0.15, 0.2) is 0 Å². The van der Waals surface area contributed by atoms with E-state index in [0.29, 0.717) is 36.7 Å². The van der Waals surface area contributed by atoms with Crippen molar-refractivity contribution in [3.63, 3.8) is 0 Å². The average Bonchev–Trinajstić information content (AvgIpc) is 3.38. The van der Waals surface area contributed by atoms with Gasteiger partial charge >= 0.3 is 0 Å². The standard InChI is InChI=1S/C19H21N7O2/c27-17(12-26-16-6-2-1-5-14(16)22-23-26)25-10-7-13-15(11-25)20-19(21-18(13)28)24-8-3-4-9-24/h1-2,5-6H,3-4,7-12H2,(H,20,21,28). The van der Waals surface area contributed by atoms with Gasteiger partial charge in [-0.1, -0.05) is 17.3 Å². The summed E-state index contributed by atoms with van der Waals surface area (Å²) in [5, 5.41) is 8.20. The molecule has 1 N–H and O–H groups in total. The highest BCUT2D eigenvalue weighted by molar-refractivity contribution is 5.80. The molecule has 2 aliphatic heterocycles. The molecule has 0 radical (unpaired) electrons. The fraction of sp³-hybridized carbons (Fsp3) is 0.421. The third-order valence-electron chi connectivity index (χ3n) is 5.52. The zero-order chi connectivity index (χ0) is 19.1. The van der Waals surface area contributed by atoms with E-state index in [1.807, 2.05) is 24.3 Å². The van der Waals surface area contributed by atoms with E-state index in [1.54, 1.807) is 9.58 Å². The number of H-pyrrole nitrogens is 1. The highest BCUT2D eigenvalue weighted by Gasteiger charge is 2.26. The molecule has 0 aliphatic carbocycles. The van der Waals surface area contributed by atoms with E-state index >= 15 is 0 Å². The maximum absolute atomic E-state index is 12.9. The van der Waals surface area contributed by atoms with E-state index in [-0.39, 0.29) is 18.0 Å². The molecule has 144 valence electrons. The second-order valence-corrected chi connectivity index (χ2v) is 7.31. The van der Waals surface area contributed by atoms with Crippen LogP contribution < -0.4 is 10.5 Å². The van der Waals surface area contributed by atoms with Crippen molar-refractivity contribution in [2.45, 2.75) is 32.4 Å². The van der Waals surface area contributed by atoms with Crippen LogP contribution in [0, 0.1) is 0 Å². The number of benzene rings is 1. The third kappa shape index (κ3) is 2.92. The Morgan fingerprint density at radius 2 is 1.96 bits per heavy atom. The molecule has 0 bridgehead atoms. The lowest BCUT2D eigenvalue weighted by molar-refractivity contribution is -0.133. The Bertz CT molecular complexity index is 1100. The molecule has 1 amide bonds. The first-order valence-corrected chi connectivity index (χ1v) is 9.62. The number of rotatable bonds is 3. The number of para-hydroxylation sites is 1. The molecule has 0 saturated carbocycles. The van der Waals surface area contributed by atoms with Crippen LogP contribution in [0.1, 0.15) is 24.1 Å². The Labute approximate surface area is 161 Å². The Kier molecular flexibility index (Phi) is 4.07. The Hall–Kier alpha value is -3.23. The normalized spacial score (nSPS) is 16.6. The summed E-state index contributed by atoms with van der Waals surface area (Å²) in [5.41, 5.74) is 2.91. The molecule has 1 fully saturated rings. The minimum Gasteiger partial charge on any atom is -0.342 e. The van der Waals surface area contributed by atoms with Crippen molar-refractivity contribution in [3.05, 3.63) is 45.9 Å². The van der Waals surface area contributed by atoms with E-state index in [9.17, 15) is 9.59 Å². The van der Waals surface area contributed by atoms with E-state index < -0.39 is 0 Å². The van der Waals surface area contributed by atoms with Crippen LogP contribution in [-0.4, -0.2) is 55.4 Å². The predicted molar refractivity (Wildman–Crippen MR) is 103 cm³/mol. The monoisotopic (exact) mass is 379 g/mol.